The van der Waals surface area contributed by atoms with E-state index < -0.39 is 17.6 Å². The summed E-state index contributed by atoms with van der Waals surface area (Å²) in [6.45, 7) is 2.59. The molecule has 0 saturated carbocycles. The summed E-state index contributed by atoms with van der Waals surface area (Å²) in [5.74, 6) is -0.217. The first-order chi connectivity index (χ1) is 13.3. The maximum absolute atomic E-state index is 13.3. The van der Waals surface area contributed by atoms with Crippen molar-refractivity contribution in [2.75, 3.05) is 24.2 Å². The van der Waals surface area contributed by atoms with Crippen LogP contribution in [0.15, 0.2) is 36.5 Å². The fourth-order valence-corrected chi connectivity index (χ4v) is 3.05. The van der Waals surface area contributed by atoms with E-state index in [2.05, 4.69) is 15.6 Å². The van der Waals surface area contributed by atoms with Crippen LogP contribution in [0.2, 0.25) is 0 Å². The Labute approximate surface area is 160 Å². The Morgan fingerprint density at radius 3 is 2.75 bits per heavy atom. The number of carbonyl (C=O) groups is 1. The van der Waals surface area contributed by atoms with Crippen LogP contribution in [0.1, 0.15) is 35.7 Å². The second kappa shape index (κ2) is 8.05. The van der Waals surface area contributed by atoms with Gasteiger partial charge >= 0.3 is 6.18 Å². The number of aromatic nitrogens is 1. The number of hydrogen-bond acceptors (Lipinski definition) is 5. The number of anilines is 2. The van der Waals surface area contributed by atoms with Gasteiger partial charge in [0.05, 0.1) is 11.1 Å². The molecule has 0 spiro atoms. The molecular weight excluding hydrogens is 373 g/mol. The zero-order valence-electron chi connectivity index (χ0n) is 15.5. The Balaban J connectivity index is 1.88. The zero-order valence-corrected chi connectivity index (χ0v) is 15.5. The van der Waals surface area contributed by atoms with Gasteiger partial charge in [-0.1, -0.05) is 0 Å². The third kappa shape index (κ3) is 4.53. The predicted octanol–water partition coefficient (Wildman–Crippen LogP) is 4.17. The molecule has 28 heavy (non-hydrogen) atoms. The standard InChI is InChI=1S/C19H21F3N4O2/c1-12-5-4-8-26(12)28-15-10-13(19(20,21)22)9-14(11-15)25-18(27)16-6-3-7-24-17(16)23-2/h3,6-7,9-12H,4-5,8H2,1-2H3,(H,23,24)(H,25,27)/t12-/m0/s1. The van der Waals surface area contributed by atoms with Crippen molar-refractivity contribution in [2.45, 2.75) is 32.0 Å². The van der Waals surface area contributed by atoms with E-state index in [1.807, 2.05) is 6.92 Å². The topological polar surface area (TPSA) is 66.5 Å². The van der Waals surface area contributed by atoms with Crippen LogP contribution >= 0.6 is 0 Å². The first-order valence-electron chi connectivity index (χ1n) is 8.89. The van der Waals surface area contributed by atoms with E-state index in [0.29, 0.717) is 12.4 Å². The summed E-state index contributed by atoms with van der Waals surface area (Å²) < 4.78 is 39.9. The second-order valence-corrected chi connectivity index (χ2v) is 6.57. The maximum Gasteiger partial charge on any atom is 0.416 e. The molecule has 1 aromatic carbocycles. The lowest BCUT2D eigenvalue weighted by Crippen LogP contribution is -2.30. The number of carbonyl (C=O) groups excluding carboxylic acids is 1. The highest BCUT2D eigenvalue weighted by molar-refractivity contribution is 6.07. The Hall–Kier alpha value is -2.81. The fraction of sp³-hybridized carbons (Fsp3) is 0.368. The second-order valence-electron chi connectivity index (χ2n) is 6.57. The quantitative estimate of drug-likeness (QED) is 0.797. The molecule has 9 heteroatoms. The first kappa shape index (κ1) is 19.9. The van der Waals surface area contributed by atoms with Gasteiger partial charge in [0.15, 0.2) is 0 Å². The molecule has 1 fully saturated rings. The van der Waals surface area contributed by atoms with Gasteiger partial charge in [-0.05, 0) is 44.0 Å². The van der Waals surface area contributed by atoms with E-state index in [0.717, 1.165) is 25.0 Å². The molecule has 0 bridgehead atoms. The van der Waals surface area contributed by atoms with Gasteiger partial charge in [-0.2, -0.15) is 13.2 Å². The molecule has 6 nitrogen and oxygen atoms in total. The molecule has 3 rings (SSSR count). The van der Waals surface area contributed by atoms with E-state index in [1.54, 1.807) is 18.2 Å². The van der Waals surface area contributed by atoms with Gasteiger partial charge < -0.3 is 15.5 Å². The van der Waals surface area contributed by atoms with Crippen molar-refractivity contribution in [3.8, 4) is 5.75 Å². The maximum atomic E-state index is 13.3. The lowest BCUT2D eigenvalue weighted by Gasteiger charge is -2.22. The smallest absolute Gasteiger partial charge is 0.406 e. The molecule has 2 heterocycles. The molecule has 1 aromatic heterocycles. The lowest BCUT2D eigenvalue weighted by atomic mass is 10.1. The van der Waals surface area contributed by atoms with Gasteiger partial charge in [-0.3, -0.25) is 4.79 Å². The van der Waals surface area contributed by atoms with Crippen molar-refractivity contribution >= 4 is 17.4 Å². The van der Waals surface area contributed by atoms with Gasteiger partial charge in [0, 0.05) is 37.6 Å². The third-order valence-electron chi connectivity index (χ3n) is 4.50. The van der Waals surface area contributed by atoms with Crippen molar-refractivity contribution < 1.29 is 22.8 Å². The lowest BCUT2D eigenvalue weighted by molar-refractivity contribution is -0.138. The average Bonchev–Trinajstić information content (AvgIpc) is 3.05. The molecule has 2 aromatic rings. The van der Waals surface area contributed by atoms with Crippen LogP contribution in [-0.4, -0.2) is 35.6 Å². The number of benzene rings is 1. The predicted molar refractivity (Wildman–Crippen MR) is 99.2 cm³/mol. The van der Waals surface area contributed by atoms with E-state index in [9.17, 15) is 18.0 Å². The number of hydroxylamine groups is 2. The average molecular weight is 394 g/mol. The van der Waals surface area contributed by atoms with Crippen LogP contribution in [0.5, 0.6) is 5.75 Å². The van der Waals surface area contributed by atoms with Crippen LogP contribution in [0, 0.1) is 0 Å². The summed E-state index contributed by atoms with van der Waals surface area (Å²) in [6.07, 6.45) is -1.23. The largest absolute Gasteiger partial charge is 0.416 e. The van der Waals surface area contributed by atoms with Crippen molar-refractivity contribution in [3.05, 3.63) is 47.7 Å². The van der Waals surface area contributed by atoms with Gasteiger partial charge in [0.1, 0.15) is 11.6 Å². The molecular formula is C19H21F3N4O2. The zero-order chi connectivity index (χ0) is 20.3. The molecule has 0 aliphatic carbocycles. The fourth-order valence-electron chi connectivity index (χ4n) is 3.05. The number of rotatable bonds is 5. The molecule has 1 aliphatic rings. The monoisotopic (exact) mass is 394 g/mol. The van der Waals surface area contributed by atoms with Gasteiger partial charge in [-0.25, -0.2) is 4.98 Å². The van der Waals surface area contributed by atoms with Gasteiger partial charge in [0.2, 0.25) is 0 Å². The SMILES string of the molecule is CNc1ncccc1C(=O)Nc1cc(ON2CCC[C@@H]2C)cc(C(F)(F)F)c1. The Morgan fingerprint density at radius 2 is 2.11 bits per heavy atom. The minimum absolute atomic E-state index is 0.00687. The van der Waals surface area contributed by atoms with Crippen LogP contribution in [-0.2, 0) is 6.18 Å². The van der Waals surface area contributed by atoms with Crippen molar-refractivity contribution in [3.63, 3.8) is 0 Å². The highest BCUT2D eigenvalue weighted by Crippen LogP contribution is 2.35. The Bertz CT molecular complexity index is 857. The molecule has 150 valence electrons. The number of amides is 1. The van der Waals surface area contributed by atoms with E-state index in [1.165, 1.54) is 18.3 Å². The van der Waals surface area contributed by atoms with Gasteiger partial charge in [-0.15, -0.1) is 5.06 Å². The number of nitrogens with one attached hydrogen (secondary N) is 2. The highest BCUT2D eigenvalue weighted by atomic mass is 19.4. The van der Waals surface area contributed by atoms with Crippen molar-refractivity contribution in [1.82, 2.24) is 10.0 Å². The number of nitrogens with zero attached hydrogens (tertiary/aromatic N) is 2. The number of alkyl halides is 3. The van der Waals surface area contributed by atoms with E-state index >= 15 is 0 Å². The number of pyridine rings is 1. The third-order valence-corrected chi connectivity index (χ3v) is 4.50. The summed E-state index contributed by atoms with van der Waals surface area (Å²) in [6, 6.07) is 6.42. The van der Waals surface area contributed by atoms with Crippen molar-refractivity contribution in [2.24, 2.45) is 0 Å². The molecule has 1 atom stereocenters. The number of hydrogen-bond donors (Lipinski definition) is 2. The summed E-state index contributed by atoms with van der Waals surface area (Å²) in [7, 11) is 1.60. The van der Waals surface area contributed by atoms with Gasteiger partial charge in [0.25, 0.3) is 5.91 Å². The van der Waals surface area contributed by atoms with Crippen LogP contribution in [0.25, 0.3) is 0 Å². The Kier molecular flexibility index (Phi) is 5.73. The summed E-state index contributed by atoms with van der Waals surface area (Å²) in [5, 5.41) is 6.94. The van der Waals surface area contributed by atoms with Crippen LogP contribution < -0.4 is 15.5 Å². The molecule has 1 aliphatic heterocycles. The Morgan fingerprint density at radius 1 is 1.32 bits per heavy atom. The minimum atomic E-state index is -4.57. The molecule has 2 N–H and O–H groups in total. The van der Waals surface area contributed by atoms with Crippen molar-refractivity contribution in [1.29, 1.82) is 0 Å². The molecule has 0 unspecified atom stereocenters. The normalized spacial score (nSPS) is 17.4. The molecule has 0 radical (unpaired) electrons. The molecule has 1 amide bonds. The summed E-state index contributed by atoms with van der Waals surface area (Å²) in [5.41, 5.74) is -0.683. The van der Waals surface area contributed by atoms with E-state index in [-0.39, 0.29) is 23.0 Å². The summed E-state index contributed by atoms with van der Waals surface area (Å²) >= 11 is 0. The first-order valence-corrected chi connectivity index (χ1v) is 8.89. The summed E-state index contributed by atoms with van der Waals surface area (Å²) in [4.78, 5) is 22.2. The van der Waals surface area contributed by atoms with Crippen LogP contribution in [0.4, 0.5) is 24.7 Å². The number of halogens is 3. The minimum Gasteiger partial charge on any atom is -0.406 e. The highest BCUT2D eigenvalue weighted by Gasteiger charge is 2.32. The molecule has 1 saturated heterocycles. The van der Waals surface area contributed by atoms with E-state index in [4.69, 9.17) is 4.84 Å². The van der Waals surface area contributed by atoms with Crippen LogP contribution in [0.3, 0.4) is 0 Å².